The SMILES string of the molecule is Clc1ccccc1CNc1cc(-c2ccccc2)nc(NC2CCCCC2)n1. The maximum absolute atomic E-state index is 6.29. The van der Waals surface area contributed by atoms with Gasteiger partial charge in [0.25, 0.3) is 0 Å². The average Bonchev–Trinajstić information content (AvgIpc) is 2.74. The summed E-state index contributed by atoms with van der Waals surface area (Å²) in [7, 11) is 0. The summed E-state index contributed by atoms with van der Waals surface area (Å²) < 4.78 is 0. The summed E-state index contributed by atoms with van der Waals surface area (Å²) in [5.74, 6) is 1.49. The third kappa shape index (κ3) is 4.82. The van der Waals surface area contributed by atoms with E-state index in [1.165, 1.54) is 32.1 Å². The van der Waals surface area contributed by atoms with Crippen LogP contribution in [0.3, 0.4) is 0 Å². The summed E-state index contributed by atoms with van der Waals surface area (Å²) in [5.41, 5.74) is 3.04. The highest BCUT2D eigenvalue weighted by molar-refractivity contribution is 6.31. The van der Waals surface area contributed by atoms with Gasteiger partial charge in [-0.25, -0.2) is 4.98 Å². The van der Waals surface area contributed by atoms with Gasteiger partial charge in [0, 0.05) is 29.2 Å². The normalized spacial score (nSPS) is 14.6. The predicted octanol–water partition coefficient (Wildman–Crippen LogP) is 6.15. The topological polar surface area (TPSA) is 49.8 Å². The molecule has 28 heavy (non-hydrogen) atoms. The molecule has 144 valence electrons. The van der Waals surface area contributed by atoms with Gasteiger partial charge in [-0.3, -0.25) is 0 Å². The smallest absolute Gasteiger partial charge is 0.225 e. The van der Waals surface area contributed by atoms with Gasteiger partial charge in [-0.05, 0) is 24.5 Å². The molecule has 0 bridgehead atoms. The Balaban J connectivity index is 1.58. The number of hydrogen-bond donors (Lipinski definition) is 2. The molecule has 3 aromatic rings. The Kier molecular flexibility index (Phi) is 6.07. The van der Waals surface area contributed by atoms with Crippen LogP contribution in [0.1, 0.15) is 37.7 Å². The van der Waals surface area contributed by atoms with Crippen LogP contribution >= 0.6 is 11.6 Å². The van der Waals surface area contributed by atoms with Gasteiger partial charge in [0.2, 0.25) is 5.95 Å². The molecule has 1 aliphatic carbocycles. The highest BCUT2D eigenvalue weighted by Crippen LogP contribution is 2.25. The van der Waals surface area contributed by atoms with Gasteiger partial charge in [0.15, 0.2) is 0 Å². The molecule has 1 fully saturated rings. The van der Waals surface area contributed by atoms with E-state index in [9.17, 15) is 0 Å². The van der Waals surface area contributed by atoms with Crippen LogP contribution in [0.25, 0.3) is 11.3 Å². The second kappa shape index (κ2) is 9.07. The zero-order chi connectivity index (χ0) is 19.2. The minimum atomic E-state index is 0.455. The first-order valence-corrected chi connectivity index (χ1v) is 10.3. The van der Waals surface area contributed by atoms with Crippen molar-refractivity contribution in [3.63, 3.8) is 0 Å². The first-order valence-electron chi connectivity index (χ1n) is 9.96. The van der Waals surface area contributed by atoms with Gasteiger partial charge < -0.3 is 10.6 Å². The number of aromatic nitrogens is 2. The minimum absolute atomic E-state index is 0.455. The quantitative estimate of drug-likeness (QED) is 0.527. The molecule has 4 nitrogen and oxygen atoms in total. The van der Waals surface area contributed by atoms with Gasteiger partial charge >= 0.3 is 0 Å². The van der Waals surface area contributed by atoms with Crippen LogP contribution in [0, 0.1) is 0 Å². The third-order valence-corrected chi connectivity index (χ3v) is 5.52. The van der Waals surface area contributed by atoms with Crippen LogP contribution < -0.4 is 10.6 Å². The lowest BCUT2D eigenvalue weighted by atomic mass is 9.96. The van der Waals surface area contributed by atoms with E-state index in [0.717, 1.165) is 27.7 Å². The highest BCUT2D eigenvalue weighted by atomic mass is 35.5. The largest absolute Gasteiger partial charge is 0.366 e. The van der Waals surface area contributed by atoms with Crippen molar-refractivity contribution in [1.82, 2.24) is 9.97 Å². The summed E-state index contributed by atoms with van der Waals surface area (Å²) in [6.07, 6.45) is 6.23. The molecule has 0 aliphatic heterocycles. The van der Waals surface area contributed by atoms with E-state index >= 15 is 0 Å². The Labute approximate surface area is 171 Å². The molecule has 1 saturated carbocycles. The Morgan fingerprint density at radius 1 is 0.893 bits per heavy atom. The van der Waals surface area contributed by atoms with Crippen LogP contribution in [0.15, 0.2) is 60.7 Å². The molecule has 0 spiro atoms. The van der Waals surface area contributed by atoms with E-state index in [-0.39, 0.29) is 0 Å². The summed E-state index contributed by atoms with van der Waals surface area (Å²) >= 11 is 6.29. The zero-order valence-corrected chi connectivity index (χ0v) is 16.6. The monoisotopic (exact) mass is 392 g/mol. The summed E-state index contributed by atoms with van der Waals surface area (Å²) in [6, 6.07) is 20.5. The Morgan fingerprint density at radius 2 is 1.64 bits per heavy atom. The standard InChI is InChI=1S/C23H25ClN4/c24-20-14-8-7-11-18(20)16-25-22-15-21(17-9-3-1-4-10-17)27-23(28-22)26-19-12-5-2-6-13-19/h1,3-4,7-11,14-15,19H,2,5-6,12-13,16H2,(H2,25,26,27,28). The molecule has 2 aromatic carbocycles. The lowest BCUT2D eigenvalue weighted by Gasteiger charge is -2.23. The summed E-state index contributed by atoms with van der Waals surface area (Å²) in [4.78, 5) is 9.50. The molecular formula is C23H25ClN4. The van der Waals surface area contributed by atoms with E-state index in [4.69, 9.17) is 21.6 Å². The van der Waals surface area contributed by atoms with Crippen LogP contribution in [0.4, 0.5) is 11.8 Å². The van der Waals surface area contributed by atoms with Gasteiger partial charge in [-0.2, -0.15) is 4.98 Å². The van der Waals surface area contributed by atoms with E-state index in [2.05, 4.69) is 22.8 Å². The number of benzene rings is 2. The van der Waals surface area contributed by atoms with E-state index in [1.54, 1.807) is 0 Å². The Morgan fingerprint density at radius 3 is 2.43 bits per heavy atom. The number of halogens is 1. The van der Waals surface area contributed by atoms with Crippen molar-refractivity contribution >= 4 is 23.4 Å². The molecule has 0 radical (unpaired) electrons. The maximum atomic E-state index is 6.29. The summed E-state index contributed by atoms with van der Waals surface area (Å²) in [5, 5.41) is 7.72. The molecule has 4 rings (SSSR count). The molecule has 5 heteroatoms. The van der Waals surface area contributed by atoms with Crippen molar-refractivity contribution in [1.29, 1.82) is 0 Å². The first-order chi connectivity index (χ1) is 13.8. The Bertz CT molecular complexity index is 907. The van der Waals surface area contributed by atoms with E-state index in [1.807, 2.05) is 48.5 Å². The number of nitrogens with zero attached hydrogens (tertiary/aromatic N) is 2. The van der Waals surface area contributed by atoms with Crippen molar-refractivity contribution < 1.29 is 0 Å². The van der Waals surface area contributed by atoms with Crippen molar-refractivity contribution in [2.45, 2.75) is 44.7 Å². The molecule has 0 amide bonds. The molecule has 1 aromatic heterocycles. The molecule has 2 N–H and O–H groups in total. The molecular weight excluding hydrogens is 368 g/mol. The Hall–Kier alpha value is -2.59. The van der Waals surface area contributed by atoms with Crippen LogP contribution in [0.5, 0.6) is 0 Å². The van der Waals surface area contributed by atoms with Gasteiger partial charge in [-0.1, -0.05) is 79.4 Å². The number of anilines is 2. The van der Waals surface area contributed by atoms with Gasteiger partial charge in [-0.15, -0.1) is 0 Å². The van der Waals surface area contributed by atoms with E-state index < -0.39 is 0 Å². The highest BCUT2D eigenvalue weighted by Gasteiger charge is 2.15. The van der Waals surface area contributed by atoms with Gasteiger partial charge in [0.05, 0.1) is 5.69 Å². The molecule has 0 unspecified atom stereocenters. The van der Waals surface area contributed by atoms with Crippen molar-refractivity contribution in [2.75, 3.05) is 10.6 Å². The molecule has 1 heterocycles. The van der Waals surface area contributed by atoms with Crippen LogP contribution in [0.2, 0.25) is 5.02 Å². The van der Waals surface area contributed by atoms with Crippen LogP contribution in [-0.4, -0.2) is 16.0 Å². The predicted molar refractivity (Wildman–Crippen MR) is 117 cm³/mol. The minimum Gasteiger partial charge on any atom is -0.366 e. The summed E-state index contributed by atoms with van der Waals surface area (Å²) in [6.45, 7) is 0.619. The second-order valence-electron chi connectivity index (χ2n) is 7.25. The third-order valence-electron chi connectivity index (χ3n) is 5.15. The van der Waals surface area contributed by atoms with Crippen molar-refractivity contribution in [3.8, 4) is 11.3 Å². The lowest BCUT2D eigenvalue weighted by molar-refractivity contribution is 0.461. The van der Waals surface area contributed by atoms with Crippen molar-refractivity contribution in [2.24, 2.45) is 0 Å². The van der Waals surface area contributed by atoms with Crippen molar-refractivity contribution in [3.05, 3.63) is 71.2 Å². The van der Waals surface area contributed by atoms with E-state index in [0.29, 0.717) is 18.5 Å². The molecule has 0 saturated heterocycles. The lowest BCUT2D eigenvalue weighted by Crippen LogP contribution is -2.23. The maximum Gasteiger partial charge on any atom is 0.225 e. The number of hydrogen-bond acceptors (Lipinski definition) is 4. The number of nitrogens with one attached hydrogen (secondary N) is 2. The fourth-order valence-electron chi connectivity index (χ4n) is 3.62. The average molecular weight is 393 g/mol. The van der Waals surface area contributed by atoms with Gasteiger partial charge in [0.1, 0.15) is 5.82 Å². The zero-order valence-electron chi connectivity index (χ0n) is 15.9. The number of rotatable bonds is 6. The fourth-order valence-corrected chi connectivity index (χ4v) is 3.82. The fraction of sp³-hybridized carbons (Fsp3) is 0.304. The van der Waals surface area contributed by atoms with Crippen LogP contribution in [-0.2, 0) is 6.54 Å². The first kappa shape index (κ1) is 18.8. The second-order valence-corrected chi connectivity index (χ2v) is 7.66. The molecule has 1 aliphatic rings. The molecule has 0 atom stereocenters.